The van der Waals surface area contributed by atoms with E-state index in [0.717, 1.165) is 83.9 Å². The molecule has 10 rings (SSSR count). The molecule has 0 spiro atoms. The van der Waals surface area contributed by atoms with E-state index in [1.54, 1.807) is 49.7 Å². The van der Waals surface area contributed by atoms with Crippen LogP contribution < -0.4 is 11.1 Å². The number of aromatic nitrogens is 6. The van der Waals surface area contributed by atoms with E-state index in [-0.39, 0.29) is 11.9 Å². The Balaban J connectivity index is 0.000000146. The van der Waals surface area contributed by atoms with Gasteiger partial charge in [0, 0.05) is 94.0 Å². The Hall–Kier alpha value is -7.46. The molecule has 2 fully saturated rings. The predicted octanol–water partition coefficient (Wildman–Crippen LogP) is 7.65. The Labute approximate surface area is 385 Å². The number of nitrogen functional groups attached to an aromatic ring is 1. The Morgan fingerprint density at radius 1 is 0.606 bits per heavy atom. The first-order valence-corrected chi connectivity index (χ1v) is 21.9. The number of anilines is 1. The van der Waals surface area contributed by atoms with Gasteiger partial charge in [0.2, 0.25) is 17.7 Å². The minimum atomic E-state index is -0.190. The monoisotopic (exact) mass is 887 g/mol. The summed E-state index contributed by atoms with van der Waals surface area (Å²) in [6, 6.07) is 28.4. The molecular formula is C51H57N11O4. The topological polar surface area (TPSA) is 170 Å². The second kappa shape index (κ2) is 22.9. The number of carbonyl (C=O) groups excluding carboxylic acids is 2. The molecule has 2 aliphatic rings. The number of aryl methyl sites for hydroxylation is 2. The highest BCUT2D eigenvalue weighted by atomic mass is 16.3. The number of piperazine rings is 2. The molecule has 3 N–H and O–H groups in total. The molecule has 15 nitrogen and oxygen atoms in total. The Morgan fingerprint density at radius 3 is 1.50 bits per heavy atom. The number of hydrogen-bond acceptors (Lipinski definition) is 12. The Morgan fingerprint density at radius 2 is 1.08 bits per heavy atom. The quantitative estimate of drug-likeness (QED) is 0.157. The molecule has 0 aliphatic carbocycles. The van der Waals surface area contributed by atoms with Crippen molar-refractivity contribution >= 4 is 17.6 Å². The van der Waals surface area contributed by atoms with Gasteiger partial charge in [-0.2, -0.15) is 0 Å². The third-order valence-electron chi connectivity index (χ3n) is 11.3. The summed E-state index contributed by atoms with van der Waals surface area (Å²) in [6.07, 6.45) is 16.1. The molecule has 2 aliphatic heterocycles. The number of carbonyl (C=O) groups is 2. The first-order chi connectivity index (χ1) is 32.1. The first kappa shape index (κ1) is 46.5. The van der Waals surface area contributed by atoms with Gasteiger partial charge in [0.1, 0.15) is 25.2 Å². The number of rotatable bonds is 6. The van der Waals surface area contributed by atoms with E-state index in [1.165, 1.54) is 46.0 Å². The van der Waals surface area contributed by atoms with Gasteiger partial charge in [0.15, 0.2) is 0 Å². The van der Waals surface area contributed by atoms with Gasteiger partial charge in [-0.15, -0.1) is 0 Å². The highest BCUT2D eigenvalue weighted by molar-refractivity contribution is 5.80. The van der Waals surface area contributed by atoms with Crippen LogP contribution in [-0.4, -0.2) is 122 Å². The van der Waals surface area contributed by atoms with E-state index < -0.39 is 0 Å². The fraction of sp³-hybridized carbons (Fsp3) is 0.255. The molecule has 0 bridgehead atoms. The number of hydrogen-bond donors (Lipinski definition) is 2. The molecule has 4 aromatic carbocycles. The Kier molecular flexibility index (Phi) is 16.2. The third kappa shape index (κ3) is 12.8. The summed E-state index contributed by atoms with van der Waals surface area (Å²) in [7, 11) is 4.25. The van der Waals surface area contributed by atoms with Crippen LogP contribution in [0.4, 0.5) is 10.5 Å². The molecule has 4 aromatic heterocycles. The number of nitrogens with zero attached hydrogens (tertiary/aromatic N) is 9. The second-order valence-corrected chi connectivity index (χ2v) is 16.2. The molecular weight excluding hydrogens is 831 g/mol. The predicted molar refractivity (Wildman–Crippen MR) is 257 cm³/mol. The molecule has 66 heavy (non-hydrogen) atoms. The molecule has 0 unspecified atom stereocenters. The summed E-state index contributed by atoms with van der Waals surface area (Å²) < 4.78 is 13.5. The lowest BCUT2D eigenvalue weighted by Gasteiger charge is -2.32. The lowest BCUT2D eigenvalue weighted by molar-refractivity contribution is -0.132. The summed E-state index contributed by atoms with van der Waals surface area (Å²) in [5.74, 6) is 1.47. The zero-order valence-electron chi connectivity index (χ0n) is 38.0. The van der Waals surface area contributed by atoms with Crippen LogP contribution >= 0.6 is 0 Å². The number of imidazole rings is 2. The maximum Gasteiger partial charge on any atom is 0.338 e. The van der Waals surface area contributed by atoms with E-state index in [2.05, 4.69) is 112 Å². The van der Waals surface area contributed by atoms with Crippen molar-refractivity contribution in [3.63, 3.8) is 0 Å². The minimum absolute atomic E-state index is 0.190. The van der Waals surface area contributed by atoms with Crippen LogP contribution in [-0.2, 0) is 11.2 Å². The normalized spacial score (nSPS) is 13.9. The SMILES string of the molecule is CN1CCNCC1.Cc1ccc(-c2ncco2)cc1-c1ccc(CC(=O)N2CCN(C)CC2)cc1.Cc1ccc(-c2ncco2)cc1-c1ccc(N)cc1.O=C(n1ccnc1)n1ccnc1. The van der Waals surface area contributed by atoms with Crippen LogP contribution in [0.15, 0.2) is 156 Å². The zero-order valence-corrected chi connectivity index (χ0v) is 38.0. The van der Waals surface area contributed by atoms with Crippen molar-refractivity contribution < 1.29 is 18.4 Å². The van der Waals surface area contributed by atoms with Gasteiger partial charge in [0.25, 0.3) is 0 Å². The molecule has 1 amide bonds. The number of likely N-dealkylation sites (N-methyl/N-ethyl adjacent to an activating group) is 2. The van der Waals surface area contributed by atoms with Crippen LogP contribution in [0.5, 0.6) is 0 Å². The lowest BCUT2D eigenvalue weighted by atomic mass is 9.96. The van der Waals surface area contributed by atoms with Gasteiger partial charge in [-0.25, -0.2) is 24.7 Å². The van der Waals surface area contributed by atoms with Crippen molar-refractivity contribution in [3.05, 3.63) is 164 Å². The van der Waals surface area contributed by atoms with Gasteiger partial charge in [-0.1, -0.05) is 48.5 Å². The Bertz CT molecular complexity index is 2650. The number of amides is 1. The highest BCUT2D eigenvalue weighted by Crippen LogP contribution is 2.30. The van der Waals surface area contributed by atoms with Gasteiger partial charge < -0.3 is 34.6 Å². The van der Waals surface area contributed by atoms with Crippen molar-refractivity contribution in [3.8, 4) is 45.2 Å². The van der Waals surface area contributed by atoms with Crippen LogP contribution in [0.1, 0.15) is 16.7 Å². The molecule has 0 saturated carbocycles. The molecule has 15 heteroatoms. The minimum Gasteiger partial charge on any atom is -0.445 e. The number of benzene rings is 4. The summed E-state index contributed by atoms with van der Waals surface area (Å²) in [6.45, 7) is 12.5. The van der Waals surface area contributed by atoms with Crippen molar-refractivity contribution in [1.82, 2.24) is 49.1 Å². The second-order valence-electron chi connectivity index (χ2n) is 16.2. The largest absolute Gasteiger partial charge is 0.445 e. The summed E-state index contributed by atoms with van der Waals surface area (Å²) in [5, 5.41) is 3.27. The van der Waals surface area contributed by atoms with E-state index in [1.807, 2.05) is 41.3 Å². The number of nitrogens with two attached hydrogens (primary N) is 1. The van der Waals surface area contributed by atoms with Gasteiger partial charge in [0.05, 0.1) is 18.8 Å². The van der Waals surface area contributed by atoms with Crippen LogP contribution in [0.3, 0.4) is 0 Å². The fourth-order valence-corrected chi connectivity index (χ4v) is 7.33. The van der Waals surface area contributed by atoms with E-state index in [0.29, 0.717) is 18.2 Å². The molecule has 2 saturated heterocycles. The summed E-state index contributed by atoms with van der Waals surface area (Å²) in [4.78, 5) is 46.5. The van der Waals surface area contributed by atoms with Crippen LogP contribution in [0, 0.1) is 13.8 Å². The fourth-order valence-electron chi connectivity index (χ4n) is 7.33. The average molecular weight is 888 g/mol. The van der Waals surface area contributed by atoms with Gasteiger partial charge in [-0.05, 0) is 103 Å². The molecule has 8 aromatic rings. The lowest BCUT2D eigenvalue weighted by Crippen LogP contribution is -2.47. The highest BCUT2D eigenvalue weighted by Gasteiger charge is 2.19. The zero-order chi connectivity index (χ0) is 46.3. The molecule has 0 radical (unpaired) electrons. The van der Waals surface area contributed by atoms with Crippen molar-refractivity contribution in [2.75, 3.05) is 72.2 Å². The van der Waals surface area contributed by atoms with Crippen LogP contribution in [0.25, 0.3) is 45.2 Å². The molecule has 340 valence electrons. The van der Waals surface area contributed by atoms with E-state index in [4.69, 9.17) is 14.6 Å². The van der Waals surface area contributed by atoms with Crippen molar-refractivity contribution in [2.45, 2.75) is 20.3 Å². The summed E-state index contributed by atoms with van der Waals surface area (Å²) >= 11 is 0. The van der Waals surface area contributed by atoms with E-state index >= 15 is 0 Å². The third-order valence-corrected chi connectivity index (χ3v) is 11.3. The maximum absolute atomic E-state index is 12.5. The van der Waals surface area contributed by atoms with E-state index in [9.17, 15) is 9.59 Å². The van der Waals surface area contributed by atoms with Gasteiger partial charge >= 0.3 is 6.03 Å². The molecule has 6 heterocycles. The van der Waals surface area contributed by atoms with Crippen molar-refractivity contribution in [1.29, 1.82) is 0 Å². The first-order valence-electron chi connectivity index (χ1n) is 21.9. The van der Waals surface area contributed by atoms with Crippen molar-refractivity contribution in [2.24, 2.45) is 0 Å². The number of nitrogens with one attached hydrogen (secondary N) is 1. The van der Waals surface area contributed by atoms with Crippen LogP contribution in [0.2, 0.25) is 0 Å². The maximum atomic E-state index is 12.5. The van der Waals surface area contributed by atoms with Gasteiger partial charge in [-0.3, -0.25) is 13.9 Å². The standard InChI is InChI=1S/C23H25N3O2.C16H14N2O.C7H6N4O.C5H12N2/c1-17-3-6-20(23-24-9-14-28-23)16-21(17)19-7-4-18(5-8-19)15-22(27)26-12-10-25(2)11-13-26;1-11-2-3-13(16-18-8-9-19-16)10-15(11)12-4-6-14(17)7-5-12;12-7(10-3-1-8-5-10)11-4-2-9-6-11;1-7-4-2-6-3-5-7/h3-9,14,16H,10-13,15H2,1-2H3;2-10H,17H2,1H3;1-6H;6H,2-5H2,1H3. The smallest absolute Gasteiger partial charge is 0.338 e. The average Bonchev–Trinajstić information content (AvgIpc) is 4.21. The molecule has 0 atom stereocenters. The summed E-state index contributed by atoms with van der Waals surface area (Å²) in [5.41, 5.74) is 16.5. The number of oxazole rings is 2.